The van der Waals surface area contributed by atoms with Gasteiger partial charge in [0.2, 0.25) is 23.1 Å². The smallest absolute Gasteiger partial charge is 0.228 e. The summed E-state index contributed by atoms with van der Waals surface area (Å²) >= 11 is 0. The van der Waals surface area contributed by atoms with Gasteiger partial charge < -0.3 is 9.47 Å². The first-order valence-electron chi connectivity index (χ1n) is 11.8. The van der Waals surface area contributed by atoms with Gasteiger partial charge in [0.1, 0.15) is 0 Å². The van der Waals surface area contributed by atoms with E-state index in [1.54, 1.807) is 6.92 Å². The number of Topliss-reactive ketones (excluding diaryl/α,β-unsaturated/α-hetero) is 2. The van der Waals surface area contributed by atoms with Crippen LogP contribution in [-0.4, -0.2) is 25.8 Å². The molecule has 170 valence electrons. The van der Waals surface area contributed by atoms with Crippen LogP contribution >= 0.6 is 0 Å². The fourth-order valence-corrected chi connectivity index (χ4v) is 4.18. The first-order chi connectivity index (χ1) is 15.1. The summed E-state index contributed by atoms with van der Waals surface area (Å²) in [5.74, 6) is -0.382. The number of carbonyl (C=O) groups excluding carboxylic acids is 2. The maximum Gasteiger partial charge on any atom is 0.228 e. The van der Waals surface area contributed by atoms with E-state index in [9.17, 15) is 9.59 Å². The van der Waals surface area contributed by atoms with Crippen LogP contribution < -0.4 is 0 Å². The first-order valence-corrected chi connectivity index (χ1v) is 11.8. The molecule has 0 saturated carbocycles. The van der Waals surface area contributed by atoms with Crippen molar-refractivity contribution in [2.24, 2.45) is 0 Å². The molecule has 0 radical (unpaired) electrons. The third-order valence-electron chi connectivity index (χ3n) is 6.08. The van der Waals surface area contributed by atoms with E-state index in [-0.39, 0.29) is 23.1 Å². The van der Waals surface area contributed by atoms with Gasteiger partial charge in [-0.1, -0.05) is 81.7 Å². The van der Waals surface area contributed by atoms with Crippen LogP contribution in [-0.2, 0) is 25.5 Å². The summed E-state index contributed by atoms with van der Waals surface area (Å²) in [6.45, 7) is 1.71. The number of hydrogen-bond donors (Lipinski definition) is 0. The fraction of sp³-hybridized carbons (Fsp3) is 0.556. The minimum absolute atomic E-state index is 0.0221. The standard InChI is InChI=1S/C27H38O4/c1-21-23(25(29)27(31-3)26(30-2)24(21)28)20-16-11-9-7-5-4-6-8-10-13-17-22-18-14-12-15-19-22/h12,14-15,18-19H,4-11,13,16-17,20H2,1-3H3. The van der Waals surface area contributed by atoms with Crippen LogP contribution in [0.15, 0.2) is 53.0 Å². The topological polar surface area (TPSA) is 52.6 Å². The van der Waals surface area contributed by atoms with Crippen molar-refractivity contribution in [3.63, 3.8) is 0 Å². The second-order valence-corrected chi connectivity index (χ2v) is 8.35. The molecular formula is C27H38O4. The number of aryl methyl sites for hydroxylation is 1. The molecule has 0 amide bonds. The molecule has 0 aliphatic heterocycles. The lowest BCUT2D eigenvalue weighted by Crippen LogP contribution is -2.25. The van der Waals surface area contributed by atoms with Crippen molar-refractivity contribution in [2.45, 2.75) is 84.0 Å². The number of ether oxygens (including phenoxy) is 2. The van der Waals surface area contributed by atoms with Gasteiger partial charge in [-0.15, -0.1) is 0 Å². The van der Waals surface area contributed by atoms with Crippen LogP contribution in [0, 0.1) is 0 Å². The van der Waals surface area contributed by atoms with E-state index in [0.29, 0.717) is 17.6 Å². The number of unbranched alkanes of at least 4 members (excludes halogenated alkanes) is 9. The first kappa shape index (κ1) is 24.9. The predicted octanol–water partition coefficient (Wildman–Crippen LogP) is 6.49. The summed E-state index contributed by atoms with van der Waals surface area (Å²) in [6, 6.07) is 10.7. The molecule has 31 heavy (non-hydrogen) atoms. The third kappa shape index (κ3) is 7.68. The number of methoxy groups -OCH3 is 2. The Balaban J connectivity index is 1.52. The van der Waals surface area contributed by atoms with Crippen LogP contribution in [0.4, 0.5) is 0 Å². The molecule has 0 saturated heterocycles. The average molecular weight is 427 g/mol. The summed E-state index contributed by atoms with van der Waals surface area (Å²) in [5, 5.41) is 0. The van der Waals surface area contributed by atoms with Gasteiger partial charge in [0, 0.05) is 11.1 Å². The van der Waals surface area contributed by atoms with Gasteiger partial charge in [-0.05, 0) is 38.2 Å². The lowest BCUT2D eigenvalue weighted by Gasteiger charge is -2.20. The minimum atomic E-state index is -0.238. The maximum atomic E-state index is 12.6. The van der Waals surface area contributed by atoms with Crippen LogP contribution in [0.2, 0.25) is 0 Å². The molecule has 1 aliphatic carbocycles. The summed E-state index contributed by atoms with van der Waals surface area (Å²) in [4.78, 5) is 25.0. The van der Waals surface area contributed by atoms with Gasteiger partial charge in [-0.2, -0.15) is 0 Å². The molecule has 1 aromatic carbocycles. The van der Waals surface area contributed by atoms with Gasteiger partial charge in [0.05, 0.1) is 14.2 Å². The van der Waals surface area contributed by atoms with E-state index in [1.807, 2.05) is 0 Å². The lowest BCUT2D eigenvalue weighted by molar-refractivity contribution is -0.121. The Hall–Kier alpha value is -2.36. The highest BCUT2D eigenvalue weighted by Crippen LogP contribution is 2.28. The normalized spacial score (nSPS) is 14.4. The molecule has 0 N–H and O–H groups in total. The molecule has 1 aliphatic rings. The van der Waals surface area contributed by atoms with Crippen molar-refractivity contribution < 1.29 is 19.1 Å². The Morgan fingerprint density at radius 3 is 1.58 bits per heavy atom. The van der Waals surface area contributed by atoms with Gasteiger partial charge >= 0.3 is 0 Å². The van der Waals surface area contributed by atoms with Gasteiger partial charge in [-0.25, -0.2) is 0 Å². The molecule has 0 unspecified atom stereocenters. The Morgan fingerprint density at radius 2 is 1.06 bits per heavy atom. The Bertz CT molecular complexity index is 774. The Morgan fingerprint density at radius 1 is 0.613 bits per heavy atom. The molecule has 4 heteroatoms. The van der Waals surface area contributed by atoms with E-state index < -0.39 is 0 Å². The van der Waals surface area contributed by atoms with E-state index in [2.05, 4.69) is 30.3 Å². The second kappa shape index (κ2) is 13.8. The van der Waals surface area contributed by atoms with Crippen LogP contribution in [0.3, 0.4) is 0 Å². The highest BCUT2D eigenvalue weighted by atomic mass is 16.5. The van der Waals surface area contributed by atoms with Crippen LogP contribution in [0.25, 0.3) is 0 Å². The van der Waals surface area contributed by atoms with Crippen molar-refractivity contribution in [1.29, 1.82) is 0 Å². The van der Waals surface area contributed by atoms with E-state index >= 15 is 0 Å². The molecule has 0 fully saturated rings. The second-order valence-electron chi connectivity index (χ2n) is 8.35. The number of carbonyl (C=O) groups is 2. The minimum Gasteiger partial charge on any atom is -0.489 e. The zero-order valence-electron chi connectivity index (χ0n) is 19.5. The summed E-state index contributed by atoms with van der Waals surface area (Å²) in [6.07, 6.45) is 14.1. The van der Waals surface area contributed by atoms with Crippen molar-refractivity contribution >= 4 is 11.6 Å². The molecule has 0 bridgehead atoms. The quantitative estimate of drug-likeness (QED) is 0.237. The Labute approximate surface area is 187 Å². The van der Waals surface area contributed by atoms with Gasteiger partial charge in [-0.3, -0.25) is 9.59 Å². The van der Waals surface area contributed by atoms with Crippen molar-refractivity contribution in [3.05, 3.63) is 58.6 Å². The van der Waals surface area contributed by atoms with E-state index in [0.717, 1.165) is 12.8 Å². The molecular weight excluding hydrogens is 388 g/mol. The van der Waals surface area contributed by atoms with Crippen LogP contribution in [0.5, 0.6) is 0 Å². The lowest BCUT2D eigenvalue weighted by atomic mass is 9.89. The number of rotatable bonds is 15. The molecule has 2 rings (SSSR count). The van der Waals surface area contributed by atoms with Gasteiger partial charge in [0.15, 0.2) is 0 Å². The zero-order valence-corrected chi connectivity index (χ0v) is 19.5. The van der Waals surface area contributed by atoms with Crippen molar-refractivity contribution in [1.82, 2.24) is 0 Å². The SMILES string of the molecule is COC1=C(OC)C(=O)C(CCCCCCCCCCCCc2ccccc2)=C(C)C1=O. The molecule has 0 atom stereocenters. The maximum absolute atomic E-state index is 12.6. The zero-order chi connectivity index (χ0) is 22.5. The molecule has 1 aromatic rings. The Kier molecular flexibility index (Phi) is 11.1. The fourth-order valence-electron chi connectivity index (χ4n) is 4.18. The summed E-state index contributed by atoms with van der Waals surface area (Å²) < 4.78 is 10.2. The average Bonchev–Trinajstić information content (AvgIpc) is 2.79. The van der Waals surface area contributed by atoms with Crippen LogP contribution in [0.1, 0.15) is 83.1 Å². The highest BCUT2D eigenvalue weighted by molar-refractivity contribution is 6.23. The monoisotopic (exact) mass is 426 g/mol. The number of allylic oxidation sites excluding steroid dienone is 2. The van der Waals surface area contributed by atoms with Gasteiger partial charge in [0.25, 0.3) is 0 Å². The largest absolute Gasteiger partial charge is 0.489 e. The summed E-state index contributed by atoms with van der Waals surface area (Å²) in [7, 11) is 2.80. The molecule has 4 nitrogen and oxygen atoms in total. The van der Waals surface area contributed by atoms with Crippen molar-refractivity contribution in [3.8, 4) is 0 Å². The number of hydrogen-bond acceptors (Lipinski definition) is 4. The molecule has 0 aromatic heterocycles. The number of benzene rings is 1. The van der Waals surface area contributed by atoms with Crippen molar-refractivity contribution in [2.75, 3.05) is 14.2 Å². The number of ketones is 2. The van der Waals surface area contributed by atoms with E-state index in [1.165, 1.54) is 77.6 Å². The molecule has 0 heterocycles. The third-order valence-corrected chi connectivity index (χ3v) is 6.08. The van der Waals surface area contributed by atoms with E-state index in [4.69, 9.17) is 9.47 Å². The summed E-state index contributed by atoms with van der Waals surface area (Å²) in [5.41, 5.74) is 2.52. The highest BCUT2D eigenvalue weighted by Gasteiger charge is 2.34. The molecule has 0 spiro atoms. The predicted molar refractivity (Wildman–Crippen MR) is 125 cm³/mol.